The third-order valence-electron chi connectivity index (χ3n) is 7.08. The van der Waals surface area contributed by atoms with Crippen LogP contribution in [0, 0.1) is 37.0 Å². The summed E-state index contributed by atoms with van der Waals surface area (Å²) in [4.78, 5) is 0. The molecule has 0 spiro atoms. The molecule has 0 saturated heterocycles. The Hall–Kier alpha value is -0.563. The minimum absolute atomic E-state index is 0.125. The van der Waals surface area contributed by atoms with Gasteiger partial charge >= 0.3 is 0 Å². The van der Waals surface area contributed by atoms with E-state index in [1.54, 1.807) is 10.8 Å². The zero-order valence-electron chi connectivity index (χ0n) is 14.6. The van der Waals surface area contributed by atoms with Gasteiger partial charge in [-0.2, -0.15) is 0 Å². The van der Waals surface area contributed by atoms with Gasteiger partial charge in [0.2, 0.25) is 0 Å². The van der Waals surface area contributed by atoms with E-state index in [0.29, 0.717) is 5.41 Å². The van der Waals surface area contributed by atoms with Crippen LogP contribution in [0.5, 0.6) is 0 Å². The van der Waals surface area contributed by atoms with Crippen LogP contribution in [0.3, 0.4) is 0 Å². The first-order valence-corrected chi connectivity index (χ1v) is 10.5. The fourth-order valence-corrected chi connectivity index (χ4v) is 8.23. The summed E-state index contributed by atoms with van der Waals surface area (Å²) < 4.78 is 0. The largest absolute Gasteiger partial charge is 0.0654 e. The predicted molar refractivity (Wildman–Crippen MR) is 96.2 cm³/mol. The summed E-state index contributed by atoms with van der Waals surface area (Å²) in [6.07, 6.45) is 5.92. The highest BCUT2D eigenvalue weighted by molar-refractivity contribution is 6.55. The van der Waals surface area contributed by atoms with Gasteiger partial charge in [0, 0.05) is 0 Å². The maximum Gasteiger partial charge on any atom is 0.0584 e. The molecule has 0 amide bonds. The minimum Gasteiger partial charge on any atom is -0.0654 e. The molecule has 1 aromatic carbocycles. The molecule has 0 N–H and O–H groups in total. The Labute approximate surface area is 133 Å². The molecule has 0 radical (unpaired) electrons. The first-order valence-electron chi connectivity index (χ1n) is 9.00. The summed E-state index contributed by atoms with van der Waals surface area (Å²) in [6, 6.07) is 6.99. The topological polar surface area (TPSA) is 0 Å². The van der Waals surface area contributed by atoms with Crippen molar-refractivity contribution >= 4 is 14.7 Å². The number of rotatable bonds is 4. The van der Waals surface area contributed by atoms with E-state index in [4.69, 9.17) is 0 Å². The summed E-state index contributed by atoms with van der Waals surface area (Å²) >= 11 is 0. The molecule has 1 heteroatoms. The monoisotopic (exact) mass is 300 g/mol. The summed E-state index contributed by atoms with van der Waals surface area (Å²) in [5.41, 5.74) is 4.81. The second-order valence-corrected chi connectivity index (χ2v) is 10.6. The van der Waals surface area contributed by atoms with Gasteiger partial charge in [-0.1, -0.05) is 57.0 Å². The maximum absolute atomic E-state index is 2.55. The van der Waals surface area contributed by atoms with Crippen molar-refractivity contribution in [1.29, 1.82) is 0 Å². The smallest absolute Gasteiger partial charge is 0.0584 e. The second-order valence-electron chi connectivity index (χ2n) is 8.37. The Kier molecular flexibility index (Phi) is 4.07. The molecule has 0 aromatic heterocycles. The molecule has 3 aliphatic rings. The van der Waals surface area contributed by atoms with E-state index in [9.17, 15) is 0 Å². The molecule has 3 aliphatic carbocycles. The van der Waals surface area contributed by atoms with E-state index >= 15 is 0 Å². The van der Waals surface area contributed by atoms with E-state index in [-0.39, 0.29) is 9.52 Å². The quantitative estimate of drug-likeness (QED) is 0.724. The minimum atomic E-state index is -0.125. The fourth-order valence-electron chi connectivity index (χ4n) is 5.37. The van der Waals surface area contributed by atoms with Gasteiger partial charge in [0.25, 0.3) is 0 Å². The van der Waals surface area contributed by atoms with Crippen LogP contribution in [0.1, 0.15) is 57.6 Å². The molecule has 0 heterocycles. The zero-order chi connectivity index (χ0) is 15.2. The van der Waals surface area contributed by atoms with Crippen molar-refractivity contribution in [3.05, 3.63) is 29.3 Å². The first kappa shape index (κ1) is 15.3. The fraction of sp³-hybridized carbons (Fsp3) is 0.700. The lowest BCUT2D eigenvalue weighted by Gasteiger charge is -2.63. The standard InChI is InChI=1S/C20H32Si/c1-6-8-16-17-11-15(20(17,4)5)12-19(16)21-18-10-7-9-13(2)14(18)3/h7,9-10,15-17,19H,6,8,11-12,21H2,1-5H3. The predicted octanol–water partition coefficient (Wildman–Crippen LogP) is 4.37. The average molecular weight is 301 g/mol. The summed E-state index contributed by atoms with van der Waals surface area (Å²) in [6.45, 7) is 12.1. The van der Waals surface area contributed by atoms with Crippen molar-refractivity contribution in [2.75, 3.05) is 0 Å². The van der Waals surface area contributed by atoms with Crippen molar-refractivity contribution < 1.29 is 0 Å². The van der Waals surface area contributed by atoms with Crippen LogP contribution >= 0.6 is 0 Å². The number of fused-ring (bicyclic) bond motifs is 2. The Morgan fingerprint density at radius 2 is 1.95 bits per heavy atom. The van der Waals surface area contributed by atoms with Gasteiger partial charge in [-0.3, -0.25) is 0 Å². The van der Waals surface area contributed by atoms with Crippen LogP contribution in [0.15, 0.2) is 18.2 Å². The Morgan fingerprint density at radius 1 is 1.19 bits per heavy atom. The molecule has 4 atom stereocenters. The van der Waals surface area contributed by atoms with Crippen molar-refractivity contribution in [3.63, 3.8) is 0 Å². The average Bonchev–Trinajstić information content (AvgIpc) is 2.45. The Balaban J connectivity index is 1.80. The van der Waals surface area contributed by atoms with E-state index in [2.05, 4.69) is 52.8 Å². The Morgan fingerprint density at radius 3 is 2.62 bits per heavy atom. The van der Waals surface area contributed by atoms with Crippen molar-refractivity contribution in [1.82, 2.24) is 0 Å². The maximum atomic E-state index is 2.55. The molecule has 2 bridgehead atoms. The highest BCUT2D eigenvalue weighted by Gasteiger charge is 2.56. The van der Waals surface area contributed by atoms with Crippen molar-refractivity contribution in [3.8, 4) is 0 Å². The highest BCUT2D eigenvalue weighted by Crippen LogP contribution is 2.65. The molecule has 4 unspecified atom stereocenters. The van der Waals surface area contributed by atoms with Gasteiger partial charge in [0.05, 0.1) is 9.52 Å². The number of hydrogen-bond acceptors (Lipinski definition) is 0. The van der Waals surface area contributed by atoms with E-state index < -0.39 is 0 Å². The van der Waals surface area contributed by atoms with Crippen LogP contribution in [0.25, 0.3) is 0 Å². The van der Waals surface area contributed by atoms with Crippen LogP contribution in [-0.2, 0) is 0 Å². The lowest BCUT2D eigenvalue weighted by Crippen LogP contribution is -2.55. The van der Waals surface area contributed by atoms with Crippen LogP contribution < -0.4 is 5.19 Å². The second kappa shape index (κ2) is 5.57. The number of benzene rings is 1. The van der Waals surface area contributed by atoms with Gasteiger partial charge in [0.1, 0.15) is 0 Å². The normalized spacial score (nSPS) is 34.1. The molecule has 4 rings (SSSR count). The molecule has 1 aromatic rings. The third-order valence-corrected chi connectivity index (χ3v) is 9.75. The first-order chi connectivity index (χ1) is 9.95. The molecule has 0 aliphatic heterocycles. The van der Waals surface area contributed by atoms with Gasteiger partial charge in [0.15, 0.2) is 0 Å². The van der Waals surface area contributed by atoms with Crippen molar-refractivity contribution in [2.24, 2.45) is 23.2 Å². The molecule has 3 saturated carbocycles. The number of aryl methyl sites for hydroxylation is 1. The van der Waals surface area contributed by atoms with Gasteiger partial charge in [-0.05, 0) is 66.5 Å². The van der Waals surface area contributed by atoms with Gasteiger partial charge < -0.3 is 0 Å². The molecule has 3 fully saturated rings. The van der Waals surface area contributed by atoms with Crippen LogP contribution in [-0.4, -0.2) is 9.52 Å². The third kappa shape index (κ3) is 2.52. The summed E-state index contributed by atoms with van der Waals surface area (Å²) in [5, 5.41) is 1.75. The lowest BCUT2D eigenvalue weighted by atomic mass is 9.45. The van der Waals surface area contributed by atoms with Crippen molar-refractivity contribution in [2.45, 2.75) is 65.8 Å². The van der Waals surface area contributed by atoms with Gasteiger partial charge in [-0.15, -0.1) is 0 Å². The van der Waals surface area contributed by atoms with E-state index in [1.807, 2.05) is 0 Å². The molecule has 21 heavy (non-hydrogen) atoms. The zero-order valence-corrected chi connectivity index (χ0v) is 16.0. The molecular formula is C20H32Si. The lowest BCUT2D eigenvalue weighted by molar-refractivity contribution is -0.106. The molecule has 0 nitrogen and oxygen atoms in total. The Bertz CT molecular complexity index is 517. The van der Waals surface area contributed by atoms with E-state index in [1.165, 1.54) is 31.2 Å². The van der Waals surface area contributed by atoms with Crippen LogP contribution in [0.2, 0.25) is 5.54 Å². The molecular weight excluding hydrogens is 268 g/mol. The SMILES string of the molecule is CCCC1C([SiH2]c2cccc(C)c2C)CC2CC1C2(C)C. The van der Waals surface area contributed by atoms with Crippen LogP contribution in [0.4, 0.5) is 0 Å². The summed E-state index contributed by atoms with van der Waals surface area (Å²) in [7, 11) is -0.125. The van der Waals surface area contributed by atoms with Gasteiger partial charge in [-0.25, -0.2) is 0 Å². The van der Waals surface area contributed by atoms with E-state index in [0.717, 1.165) is 23.3 Å². The molecule has 116 valence electrons. The summed E-state index contributed by atoms with van der Waals surface area (Å²) in [5.74, 6) is 3.08. The highest BCUT2D eigenvalue weighted by atomic mass is 28.2. The number of hydrogen-bond donors (Lipinski definition) is 0.